The number of benzene rings is 1. The molecule has 1 aliphatic rings. The first-order valence-corrected chi connectivity index (χ1v) is 6.66. The molecule has 0 spiro atoms. The van der Waals surface area contributed by atoms with E-state index in [2.05, 4.69) is 29.6 Å². The Balaban J connectivity index is 2.07. The predicted molar refractivity (Wildman–Crippen MR) is 73.2 cm³/mol. The topological polar surface area (TPSA) is 30.5 Å². The summed E-state index contributed by atoms with van der Waals surface area (Å²) in [6.07, 6.45) is 1.34. The summed E-state index contributed by atoms with van der Waals surface area (Å²) in [7, 11) is 1.99. The molecule has 1 N–H and O–H groups in total. The molecule has 0 atom stereocenters. The molecular formula is C15H23NO2. The summed E-state index contributed by atoms with van der Waals surface area (Å²) < 4.78 is 11.1. The molecule has 1 aromatic rings. The highest BCUT2D eigenvalue weighted by molar-refractivity contribution is 5.34. The first-order chi connectivity index (χ1) is 8.66. The minimum Gasteiger partial charge on any atom is -0.491 e. The smallest absolute Gasteiger partial charge is 0.119 e. The number of hydrogen-bond acceptors (Lipinski definition) is 3. The first-order valence-electron chi connectivity index (χ1n) is 6.66. The normalized spacial score (nSPS) is 17.6. The van der Waals surface area contributed by atoms with Crippen LogP contribution < -0.4 is 10.1 Å². The van der Waals surface area contributed by atoms with Crippen LogP contribution in [0.1, 0.15) is 25.8 Å². The van der Waals surface area contributed by atoms with Crippen molar-refractivity contribution in [1.29, 1.82) is 0 Å². The maximum atomic E-state index is 5.67. The van der Waals surface area contributed by atoms with Crippen LogP contribution in [0.15, 0.2) is 24.3 Å². The second-order valence-corrected chi connectivity index (χ2v) is 5.32. The van der Waals surface area contributed by atoms with Crippen LogP contribution in [0.25, 0.3) is 0 Å². The largest absolute Gasteiger partial charge is 0.491 e. The fourth-order valence-electron chi connectivity index (χ4n) is 2.33. The van der Waals surface area contributed by atoms with Crippen molar-refractivity contribution < 1.29 is 9.47 Å². The average molecular weight is 249 g/mol. The molecular weight excluding hydrogens is 226 g/mol. The van der Waals surface area contributed by atoms with Gasteiger partial charge in [-0.2, -0.15) is 0 Å². The van der Waals surface area contributed by atoms with Gasteiger partial charge in [-0.15, -0.1) is 0 Å². The Morgan fingerprint density at radius 3 is 2.39 bits per heavy atom. The molecule has 1 aromatic carbocycles. The van der Waals surface area contributed by atoms with Gasteiger partial charge in [-0.1, -0.05) is 12.1 Å². The first kappa shape index (κ1) is 13.4. The van der Waals surface area contributed by atoms with E-state index in [-0.39, 0.29) is 11.5 Å². The van der Waals surface area contributed by atoms with E-state index < -0.39 is 0 Å². The van der Waals surface area contributed by atoms with E-state index in [4.69, 9.17) is 9.47 Å². The summed E-state index contributed by atoms with van der Waals surface area (Å²) in [5.41, 5.74) is 1.57. The van der Waals surface area contributed by atoms with Crippen molar-refractivity contribution in [3.63, 3.8) is 0 Å². The second-order valence-electron chi connectivity index (χ2n) is 5.32. The van der Waals surface area contributed by atoms with Gasteiger partial charge in [0, 0.05) is 5.41 Å². The molecule has 0 saturated carbocycles. The van der Waals surface area contributed by atoms with E-state index >= 15 is 0 Å². The van der Waals surface area contributed by atoms with Crippen molar-refractivity contribution in [3.05, 3.63) is 29.8 Å². The Labute approximate surface area is 109 Å². The minimum absolute atomic E-state index is 0.208. The van der Waals surface area contributed by atoms with Crippen molar-refractivity contribution in [2.24, 2.45) is 0 Å². The predicted octanol–water partition coefficient (Wildman–Crippen LogP) is 2.35. The summed E-state index contributed by atoms with van der Waals surface area (Å²) in [5, 5.41) is 3.22. The van der Waals surface area contributed by atoms with E-state index in [1.165, 1.54) is 5.56 Å². The van der Waals surface area contributed by atoms with Crippen LogP contribution in [0, 0.1) is 0 Å². The molecule has 3 heteroatoms. The minimum atomic E-state index is 0.208. The summed E-state index contributed by atoms with van der Waals surface area (Å²) in [6.45, 7) is 6.77. The third kappa shape index (κ3) is 2.85. The van der Waals surface area contributed by atoms with Crippen LogP contribution >= 0.6 is 0 Å². The zero-order chi connectivity index (χ0) is 13.0. The lowest BCUT2D eigenvalue weighted by molar-refractivity contribution is -0.0638. The average Bonchev–Trinajstić information content (AvgIpc) is 2.29. The summed E-state index contributed by atoms with van der Waals surface area (Å²) in [4.78, 5) is 0. The molecule has 18 heavy (non-hydrogen) atoms. The maximum Gasteiger partial charge on any atom is 0.119 e. The van der Waals surface area contributed by atoms with E-state index in [0.29, 0.717) is 0 Å². The second kappa shape index (κ2) is 5.72. The lowest BCUT2D eigenvalue weighted by Crippen LogP contribution is -2.48. The summed E-state index contributed by atoms with van der Waals surface area (Å²) in [6, 6.07) is 8.48. The van der Waals surface area contributed by atoms with Gasteiger partial charge >= 0.3 is 0 Å². The molecule has 0 unspecified atom stereocenters. The van der Waals surface area contributed by atoms with Crippen LogP contribution in [0.3, 0.4) is 0 Å². The zero-order valence-corrected chi connectivity index (χ0v) is 11.5. The summed E-state index contributed by atoms with van der Waals surface area (Å²) >= 11 is 0. The van der Waals surface area contributed by atoms with Gasteiger partial charge in [0.25, 0.3) is 0 Å². The van der Waals surface area contributed by atoms with Gasteiger partial charge in [-0.25, -0.2) is 0 Å². The van der Waals surface area contributed by atoms with Gasteiger partial charge in [0.15, 0.2) is 0 Å². The maximum absolute atomic E-state index is 5.67. The Hall–Kier alpha value is -1.06. The van der Waals surface area contributed by atoms with Crippen molar-refractivity contribution in [2.75, 3.05) is 26.8 Å². The number of rotatable bonds is 6. The Bertz CT molecular complexity index is 369. The monoisotopic (exact) mass is 249 g/mol. The highest BCUT2D eigenvalue weighted by Crippen LogP contribution is 2.36. The molecule has 0 bridgehead atoms. The van der Waals surface area contributed by atoms with E-state index in [0.717, 1.165) is 31.9 Å². The van der Waals surface area contributed by atoms with Crippen molar-refractivity contribution in [2.45, 2.75) is 31.8 Å². The number of nitrogens with one attached hydrogen (secondary N) is 1. The molecule has 1 fully saturated rings. The Kier molecular flexibility index (Phi) is 4.25. The fourth-order valence-corrected chi connectivity index (χ4v) is 2.33. The molecule has 1 saturated heterocycles. The van der Waals surface area contributed by atoms with Gasteiger partial charge in [-0.3, -0.25) is 0 Å². The molecule has 1 aliphatic heterocycles. The highest BCUT2D eigenvalue weighted by atomic mass is 16.5. The Morgan fingerprint density at radius 2 is 1.94 bits per heavy atom. The molecule has 0 aromatic heterocycles. The third-order valence-electron chi connectivity index (χ3n) is 3.45. The molecule has 0 radical (unpaired) electrons. The SMILES string of the molecule is CNCCC1(c2ccc(OC(C)C)cc2)COC1. The molecule has 0 aliphatic carbocycles. The van der Waals surface area contributed by atoms with Crippen LogP contribution in [-0.2, 0) is 10.2 Å². The van der Waals surface area contributed by atoms with Crippen LogP contribution in [0.4, 0.5) is 0 Å². The summed E-state index contributed by atoms with van der Waals surface area (Å²) in [5.74, 6) is 0.942. The highest BCUT2D eigenvalue weighted by Gasteiger charge is 2.39. The number of hydrogen-bond donors (Lipinski definition) is 1. The molecule has 1 heterocycles. The quantitative estimate of drug-likeness (QED) is 0.839. The van der Waals surface area contributed by atoms with Gasteiger partial charge in [0.1, 0.15) is 5.75 Å². The fraction of sp³-hybridized carbons (Fsp3) is 0.600. The van der Waals surface area contributed by atoms with E-state index in [1.54, 1.807) is 0 Å². The molecule has 2 rings (SSSR count). The van der Waals surface area contributed by atoms with Gasteiger partial charge in [-0.05, 0) is 51.6 Å². The van der Waals surface area contributed by atoms with Crippen molar-refractivity contribution >= 4 is 0 Å². The van der Waals surface area contributed by atoms with E-state index in [1.807, 2.05) is 20.9 Å². The van der Waals surface area contributed by atoms with Crippen LogP contribution in [-0.4, -0.2) is 32.9 Å². The van der Waals surface area contributed by atoms with Crippen molar-refractivity contribution in [3.8, 4) is 5.75 Å². The zero-order valence-electron chi connectivity index (χ0n) is 11.5. The van der Waals surface area contributed by atoms with Gasteiger partial charge in [0.05, 0.1) is 19.3 Å². The lowest BCUT2D eigenvalue weighted by atomic mass is 9.76. The van der Waals surface area contributed by atoms with E-state index in [9.17, 15) is 0 Å². The molecule has 3 nitrogen and oxygen atoms in total. The standard InChI is InChI=1S/C15H23NO2/c1-12(2)18-14-6-4-13(5-7-14)15(8-9-16-3)10-17-11-15/h4-7,12,16H,8-11H2,1-3H3. The van der Waals surface area contributed by atoms with Gasteiger partial charge < -0.3 is 14.8 Å². The van der Waals surface area contributed by atoms with Crippen molar-refractivity contribution in [1.82, 2.24) is 5.32 Å². The Morgan fingerprint density at radius 1 is 1.28 bits per heavy atom. The molecule has 0 amide bonds. The van der Waals surface area contributed by atoms with Gasteiger partial charge in [0.2, 0.25) is 0 Å². The van der Waals surface area contributed by atoms with Crippen LogP contribution in [0.2, 0.25) is 0 Å². The number of ether oxygens (including phenoxy) is 2. The third-order valence-corrected chi connectivity index (χ3v) is 3.45. The molecule has 100 valence electrons. The van der Waals surface area contributed by atoms with Crippen LogP contribution in [0.5, 0.6) is 5.75 Å². The lowest BCUT2D eigenvalue weighted by Gasteiger charge is -2.42.